The first-order chi connectivity index (χ1) is 15.8. The van der Waals surface area contributed by atoms with E-state index in [1.54, 1.807) is 24.3 Å². The number of aliphatic hydroxyl groups is 1. The molecular formula is C27H34O6. The molecule has 178 valence electrons. The molecule has 1 N–H and O–H groups in total. The lowest BCUT2D eigenvalue weighted by Crippen LogP contribution is -2.33. The number of ether oxygens (including phenoxy) is 4. The Hall–Kier alpha value is -2.99. The summed E-state index contributed by atoms with van der Waals surface area (Å²) in [5, 5.41) is 9.98. The first-order valence-corrected chi connectivity index (χ1v) is 11.4. The van der Waals surface area contributed by atoms with E-state index in [1.807, 2.05) is 33.8 Å². The molecule has 2 aromatic carbocycles. The van der Waals surface area contributed by atoms with E-state index in [9.17, 15) is 9.90 Å². The number of ketones is 1. The van der Waals surface area contributed by atoms with Gasteiger partial charge in [0.15, 0.2) is 6.61 Å². The Morgan fingerprint density at radius 3 is 2.73 bits per heavy atom. The molecule has 0 saturated heterocycles. The monoisotopic (exact) mass is 454 g/mol. The van der Waals surface area contributed by atoms with Crippen molar-refractivity contribution in [3.05, 3.63) is 59.2 Å². The zero-order chi connectivity index (χ0) is 24.0. The van der Waals surface area contributed by atoms with Crippen molar-refractivity contribution in [1.82, 2.24) is 0 Å². The Bertz CT molecular complexity index is 1010. The van der Waals surface area contributed by atoms with E-state index >= 15 is 0 Å². The van der Waals surface area contributed by atoms with E-state index in [1.165, 1.54) is 0 Å². The fourth-order valence-electron chi connectivity index (χ4n) is 3.84. The number of carbonyl (C=O) groups is 1. The van der Waals surface area contributed by atoms with Crippen LogP contribution in [0.3, 0.4) is 0 Å². The van der Waals surface area contributed by atoms with Gasteiger partial charge in [-0.3, -0.25) is 4.79 Å². The number of aliphatic hydroxyl groups excluding tert-OH is 1. The molecule has 1 heterocycles. The van der Waals surface area contributed by atoms with Crippen molar-refractivity contribution in [3.8, 4) is 23.0 Å². The molecule has 0 saturated carbocycles. The largest absolute Gasteiger partial charge is 0.493 e. The lowest BCUT2D eigenvalue weighted by atomic mass is 9.91. The Balaban J connectivity index is 1.86. The molecule has 0 aliphatic carbocycles. The van der Waals surface area contributed by atoms with Crippen molar-refractivity contribution in [2.45, 2.75) is 59.2 Å². The van der Waals surface area contributed by atoms with Crippen LogP contribution in [0.5, 0.6) is 23.0 Å². The van der Waals surface area contributed by atoms with Gasteiger partial charge in [-0.15, -0.1) is 0 Å². The number of hydrogen-bond acceptors (Lipinski definition) is 6. The van der Waals surface area contributed by atoms with Crippen LogP contribution in [0.4, 0.5) is 0 Å². The van der Waals surface area contributed by atoms with Gasteiger partial charge in [-0.2, -0.15) is 0 Å². The SMILES string of the molecule is C=CCOc1cc(OCCC)ccc1C(=O)COc1c(CO)c(C)cc2c1CCC(C)(C)O2. The molecule has 0 fully saturated rings. The average molecular weight is 455 g/mol. The Morgan fingerprint density at radius 2 is 2.03 bits per heavy atom. The van der Waals surface area contributed by atoms with Gasteiger partial charge in [0.1, 0.15) is 35.2 Å². The lowest BCUT2D eigenvalue weighted by Gasteiger charge is -2.34. The van der Waals surface area contributed by atoms with Gasteiger partial charge in [0.25, 0.3) is 0 Å². The molecular weight excluding hydrogens is 420 g/mol. The topological polar surface area (TPSA) is 74.2 Å². The van der Waals surface area contributed by atoms with Crippen molar-refractivity contribution in [2.24, 2.45) is 0 Å². The van der Waals surface area contributed by atoms with Gasteiger partial charge in [0.2, 0.25) is 5.78 Å². The molecule has 0 radical (unpaired) electrons. The molecule has 0 amide bonds. The second-order valence-electron chi connectivity index (χ2n) is 8.82. The van der Waals surface area contributed by atoms with Crippen LogP contribution in [-0.2, 0) is 13.0 Å². The lowest BCUT2D eigenvalue weighted by molar-refractivity contribution is 0.0812. The first-order valence-electron chi connectivity index (χ1n) is 11.4. The van der Waals surface area contributed by atoms with Gasteiger partial charge in [-0.1, -0.05) is 19.6 Å². The minimum absolute atomic E-state index is 0.177. The summed E-state index contributed by atoms with van der Waals surface area (Å²) < 4.78 is 23.6. The highest BCUT2D eigenvalue weighted by molar-refractivity contribution is 6.00. The predicted octanol–water partition coefficient (Wildman–Crippen LogP) is 5.21. The number of carbonyl (C=O) groups excluding carboxylic acids is 1. The minimum atomic E-state index is -0.272. The van der Waals surface area contributed by atoms with Crippen LogP contribution in [0.1, 0.15) is 60.7 Å². The van der Waals surface area contributed by atoms with Gasteiger partial charge in [-0.05, 0) is 63.8 Å². The normalized spacial score (nSPS) is 14.1. The van der Waals surface area contributed by atoms with Crippen LogP contribution in [0.2, 0.25) is 0 Å². The third-order valence-electron chi connectivity index (χ3n) is 5.62. The first kappa shape index (κ1) is 24.6. The highest BCUT2D eigenvalue weighted by Crippen LogP contribution is 2.42. The fraction of sp³-hybridized carbons (Fsp3) is 0.444. The quantitative estimate of drug-likeness (QED) is 0.371. The highest BCUT2D eigenvalue weighted by Gasteiger charge is 2.31. The van der Waals surface area contributed by atoms with Crippen LogP contribution in [0, 0.1) is 6.92 Å². The summed E-state index contributed by atoms with van der Waals surface area (Å²) in [6, 6.07) is 7.11. The van der Waals surface area contributed by atoms with E-state index in [2.05, 4.69) is 6.58 Å². The third kappa shape index (κ3) is 5.88. The van der Waals surface area contributed by atoms with Crippen molar-refractivity contribution in [2.75, 3.05) is 19.8 Å². The predicted molar refractivity (Wildman–Crippen MR) is 128 cm³/mol. The van der Waals surface area contributed by atoms with Crippen LogP contribution >= 0.6 is 0 Å². The van der Waals surface area contributed by atoms with E-state index in [0.29, 0.717) is 35.0 Å². The Kier molecular flexibility index (Phi) is 8.03. The molecule has 6 heteroatoms. The number of aryl methyl sites for hydroxylation is 1. The summed E-state index contributed by atoms with van der Waals surface area (Å²) in [6.07, 6.45) is 4.07. The van der Waals surface area contributed by atoms with E-state index in [4.69, 9.17) is 18.9 Å². The van der Waals surface area contributed by atoms with Crippen molar-refractivity contribution in [1.29, 1.82) is 0 Å². The fourth-order valence-corrected chi connectivity index (χ4v) is 3.84. The second kappa shape index (κ2) is 10.8. The van der Waals surface area contributed by atoms with Gasteiger partial charge in [0, 0.05) is 17.2 Å². The van der Waals surface area contributed by atoms with Crippen molar-refractivity contribution >= 4 is 5.78 Å². The summed E-state index contributed by atoms with van der Waals surface area (Å²) in [4.78, 5) is 13.1. The van der Waals surface area contributed by atoms with Crippen LogP contribution < -0.4 is 18.9 Å². The average Bonchev–Trinajstić information content (AvgIpc) is 2.78. The molecule has 33 heavy (non-hydrogen) atoms. The number of hydrogen-bond donors (Lipinski definition) is 1. The van der Waals surface area contributed by atoms with Gasteiger partial charge in [0.05, 0.1) is 18.8 Å². The maximum atomic E-state index is 13.1. The highest BCUT2D eigenvalue weighted by atomic mass is 16.5. The van der Waals surface area contributed by atoms with Crippen molar-refractivity contribution in [3.63, 3.8) is 0 Å². The summed E-state index contributed by atoms with van der Waals surface area (Å²) in [7, 11) is 0. The molecule has 1 aliphatic heterocycles. The molecule has 3 rings (SSSR count). The molecule has 0 unspecified atom stereocenters. The minimum Gasteiger partial charge on any atom is -0.493 e. The van der Waals surface area contributed by atoms with Crippen LogP contribution in [0.15, 0.2) is 36.9 Å². The Morgan fingerprint density at radius 1 is 1.24 bits per heavy atom. The second-order valence-corrected chi connectivity index (χ2v) is 8.82. The standard InChI is InChI=1S/C27H34O6/c1-6-12-30-19-8-9-20(24(15-19)31-13-7-2)23(29)17-32-26-21-10-11-27(4,5)33-25(21)14-18(3)22(26)16-28/h7-9,14-15,28H,2,6,10-13,16-17H2,1,3-5H3. The summed E-state index contributed by atoms with van der Waals surface area (Å²) >= 11 is 0. The maximum Gasteiger partial charge on any atom is 0.203 e. The van der Waals surface area contributed by atoms with Gasteiger partial charge >= 0.3 is 0 Å². The molecule has 1 aliphatic rings. The van der Waals surface area contributed by atoms with Crippen LogP contribution in [0.25, 0.3) is 0 Å². The zero-order valence-electron chi connectivity index (χ0n) is 20.0. The zero-order valence-corrected chi connectivity index (χ0v) is 20.0. The van der Waals surface area contributed by atoms with Crippen LogP contribution in [-0.4, -0.2) is 36.3 Å². The molecule has 0 bridgehead atoms. The van der Waals surface area contributed by atoms with E-state index in [0.717, 1.165) is 36.1 Å². The molecule has 0 spiro atoms. The molecule has 6 nitrogen and oxygen atoms in total. The Labute approximate surface area is 196 Å². The maximum absolute atomic E-state index is 13.1. The number of Topliss-reactive ketones (excluding diaryl/α,β-unsaturated/α-hetero) is 1. The number of benzene rings is 2. The molecule has 0 atom stereocenters. The summed E-state index contributed by atoms with van der Waals surface area (Å²) in [6.45, 7) is 12.2. The van der Waals surface area contributed by atoms with E-state index < -0.39 is 0 Å². The van der Waals surface area contributed by atoms with Crippen molar-refractivity contribution < 1.29 is 28.8 Å². The number of rotatable bonds is 11. The van der Waals surface area contributed by atoms with Gasteiger partial charge < -0.3 is 24.1 Å². The third-order valence-corrected chi connectivity index (χ3v) is 5.62. The number of fused-ring (bicyclic) bond motifs is 1. The molecule has 0 aromatic heterocycles. The van der Waals surface area contributed by atoms with E-state index in [-0.39, 0.29) is 31.2 Å². The smallest absolute Gasteiger partial charge is 0.203 e. The summed E-state index contributed by atoms with van der Waals surface area (Å²) in [5.74, 6) is 2.12. The summed E-state index contributed by atoms with van der Waals surface area (Å²) in [5.41, 5.74) is 2.57. The van der Waals surface area contributed by atoms with Gasteiger partial charge in [-0.25, -0.2) is 0 Å². The molecule has 2 aromatic rings.